The predicted molar refractivity (Wildman–Crippen MR) is 82.9 cm³/mol. The van der Waals surface area contributed by atoms with Gasteiger partial charge in [0.2, 0.25) is 0 Å². The molecular weight excluding hydrogens is 246 g/mol. The second-order valence-corrected chi connectivity index (χ2v) is 6.64. The SMILES string of the molecule is CCC1(C)C(NC)CC1OC1CCCc2ccccc21. The van der Waals surface area contributed by atoms with Gasteiger partial charge in [0.05, 0.1) is 12.2 Å². The molecule has 1 fully saturated rings. The molecule has 2 aliphatic rings. The molecule has 2 nitrogen and oxygen atoms in total. The summed E-state index contributed by atoms with van der Waals surface area (Å²) in [5.74, 6) is 0. The van der Waals surface area contributed by atoms with Crippen LogP contribution < -0.4 is 5.32 Å². The van der Waals surface area contributed by atoms with Gasteiger partial charge in [-0.2, -0.15) is 0 Å². The monoisotopic (exact) mass is 273 g/mol. The molecule has 2 aliphatic carbocycles. The van der Waals surface area contributed by atoms with Gasteiger partial charge in [0.25, 0.3) is 0 Å². The van der Waals surface area contributed by atoms with Crippen molar-refractivity contribution in [3.05, 3.63) is 35.4 Å². The van der Waals surface area contributed by atoms with Crippen LogP contribution in [-0.2, 0) is 11.2 Å². The first kappa shape index (κ1) is 14.1. The van der Waals surface area contributed by atoms with Crippen LogP contribution in [0.4, 0.5) is 0 Å². The molecule has 0 amide bonds. The van der Waals surface area contributed by atoms with Crippen molar-refractivity contribution in [2.75, 3.05) is 7.05 Å². The zero-order valence-corrected chi connectivity index (χ0v) is 13.0. The van der Waals surface area contributed by atoms with E-state index in [1.165, 1.54) is 36.8 Å². The van der Waals surface area contributed by atoms with E-state index in [9.17, 15) is 0 Å². The van der Waals surface area contributed by atoms with Crippen LogP contribution in [-0.4, -0.2) is 19.2 Å². The second-order valence-electron chi connectivity index (χ2n) is 6.64. The molecule has 0 heterocycles. The number of fused-ring (bicyclic) bond motifs is 1. The Bertz CT molecular complexity index is 472. The Morgan fingerprint density at radius 3 is 2.90 bits per heavy atom. The molecule has 110 valence electrons. The molecule has 0 spiro atoms. The highest BCUT2D eigenvalue weighted by molar-refractivity contribution is 5.31. The fraction of sp³-hybridized carbons (Fsp3) is 0.667. The minimum atomic E-state index is 0.293. The lowest BCUT2D eigenvalue weighted by atomic mass is 9.61. The van der Waals surface area contributed by atoms with Crippen LogP contribution in [0.3, 0.4) is 0 Å². The standard InChI is InChI=1S/C18H27NO/c1-4-18(2)16(19-3)12-17(18)20-15-11-7-9-13-8-5-6-10-14(13)15/h5-6,8,10,15-17,19H,4,7,9,11-12H2,1-3H3. The number of benzene rings is 1. The number of nitrogens with one attached hydrogen (secondary N) is 1. The maximum atomic E-state index is 6.55. The highest BCUT2D eigenvalue weighted by atomic mass is 16.5. The molecule has 0 bridgehead atoms. The van der Waals surface area contributed by atoms with Crippen LogP contribution in [0, 0.1) is 5.41 Å². The van der Waals surface area contributed by atoms with Gasteiger partial charge in [-0.3, -0.25) is 0 Å². The van der Waals surface area contributed by atoms with Crippen LogP contribution in [0.25, 0.3) is 0 Å². The van der Waals surface area contributed by atoms with Crippen molar-refractivity contribution in [3.8, 4) is 0 Å². The molecule has 1 aromatic rings. The van der Waals surface area contributed by atoms with Crippen molar-refractivity contribution < 1.29 is 4.74 Å². The number of ether oxygens (including phenoxy) is 1. The Balaban J connectivity index is 1.74. The number of hydrogen-bond acceptors (Lipinski definition) is 2. The van der Waals surface area contributed by atoms with E-state index in [4.69, 9.17) is 4.74 Å². The fourth-order valence-corrected chi connectivity index (χ4v) is 4.00. The van der Waals surface area contributed by atoms with Crippen molar-refractivity contribution in [2.24, 2.45) is 5.41 Å². The van der Waals surface area contributed by atoms with E-state index in [1.54, 1.807) is 0 Å². The molecule has 4 atom stereocenters. The number of aryl methyl sites for hydroxylation is 1. The fourth-order valence-electron chi connectivity index (χ4n) is 4.00. The van der Waals surface area contributed by atoms with E-state index in [2.05, 4.69) is 50.5 Å². The quantitative estimate of drug-likeness (QED) is 0.899. The van der Waals surface area contributed by atoms with Crippen LogP contribution in [0.15, 0.2) is 24.3 Å². The lowest BCUT2D eigenvalue weighted by Crippen LogP contribution is -2.61. The van der Waals surface area contributed by atoms with Crippen LogP contribution in [0.2, 0.25) is 0 Å². The zero-order valence-electron chi connectivity index (χ0n) is 13.0. The van der Waals surface area contributed by atoms with E-state index in [1.807, 2.05) is 0 Å². The van der Waals surface area contributed by atoms with Crippen molar-refractivity contribution in [2.45, 2.75) is 64.2 Å². The smallest absolute Gasteiger partial charge is 0.0831 e. The average Bonchev–Trinajstić information content (AvgIpc) is 2.50. The predicted octanol–water partition coefficient (Wildman–Crippen LogP) is 3.86. The lowest BCUT2D eigenvalue weighted by Gasteiger charge is -2.54. The van der Waals surface area contributed by atoms with Gasteiger partial charge in [-0.1, -0.05) is 38.1 Å². The molecule has 1 saturated carbocycles. The molecule has 1 aromatic carbocycles. The van der Waals surface area contributed by atoms with Crippen LogP contribution in [0.5, 0.6) is 0 Å². The summed E-state index contributed by atoms with van der Waals surface area (Å²) in [5, 5.41) is 3.45. The third-order valence-electron chi connectivity index (χ3n) is 5.73. The lowest BCUT2D eigenvalue weighted by molar-refractivity contribution is -0.160. The normalized spacial score (nSPS) is 36.2. The molecule has 0 aliphatic heterocycles. The van der Waals surface area contributed by atoms with Crippen molar-refractivity contribution >= 4 is 0 Å². The van der Waals surface area contributed by atoms with Gasteiger partial charge >= 0.3 is 0 Å². The molecular formula is C18H27NO. The molecule has 2 heteroatoms. The summed E-state index contributed by atoms with van der Waals surface area (Å²) in [6.45, 7) is 4.66. The van der Waals surface area contributed by atoms with Gasteiger partial charge in [0.1, 0.15) is 0 Å². The second kappa shape index (κ2) is 5.50. The number of rotatable bonds is 4. The molecule has 1 N–H and O–H groups in total. The Morgan fingerprint density at radius 1 is 1.35 bits per heavy atom. The highest BCUT2D eigenvalue weighted by Gasteiger charge is 2.51. The Kier molecular flexibility index (Phi) is 3.87. The van der Waals surface area contributed by atoms with Gasteiger partial charge in [0.15, 0.2) is 0 Å². The molecule has 20 heavy (non-hydrogen) atoms. The first-order chi connectivity index (χ1) is 9.69. The minimum Gasteiger partial charge on any atom is -0.370 e. The molecule has 3 rings (SSSR count). The molecule has 0 saturated heterocycles. The molecule has 4 unspecified atom stereocenters. The Morgan fingerprint density at radius 2 is 2.15 bits per heavy atom. The third kappa shape index (κ3) is 2.19. The summed E-state index contributed by atoms with van der Waals surface area (Å²) >= 11 is 0. The largest absolute Gasteiger partial charge is 0.370 e. The van der Waals surface area contributed by atoms with E-state index in [0.29, 0.717) is 23.7 Å². The van der Waals surface area contributed by atoms with Crippen molar-refractivity contribution in [1.29, 1.82) is 0 Å². The van der Waals surface area contributed by atoms with E-state index in [-0.39, 0.29) is 0 Å². The highest BCUT2D eigenvalue weighted by Crippen LogP contribution is 2.48. The van der Waals surface area contributed by atoms with E-state index < -0.39 is 0 Å². The summed E-state index contributed by atoms with van der Waals surface area (Å²) in [7, 11) is 2.07. The summed E-state index contributed by atoms with van der Waals surface area (Å²) in [5.41, 5.74) is 3.22. The average molecular weight is 273 g/mol. The van der Waals surface area contributed by atoms with Gasteiger partial charge in [-0.15, -0.1) is 0 Å². The Labute approximate surface area is 122 Å². The first-order valence-corrected chi connectivity index (χ1v) is 8.09. The van der Waals surface area contributed by atoms with Gasteiger partial charge in [-0.05, 0) is 50.3 Å². The van der Waals surface area contributed by atoms with Gasteiger partial charge in [-0.25, -0.2) is 0 Å². The van der Waals surface area contributed by atoms with Crippen LogP contribution in [0.1, 0.15) is 56.8 Å². The third-order valence-corrected chi connectivity index (χ3v) is 5.73. The summed E-state index contributed by atoms with van der Waals surface area (Å²) in [6, 6.07) is 9.43. The summed E-state index contributed by atoms with van der Waals surface area (Å²) in [4.78, 5) is 0. The molecule has 0 radical (unpaired) electrons. The zero-order chi connectivity index (χ0) is 14.2. The van der Waals surface area contributed by atoms with E-state index >= 15 is 0 Å². The molecule has 0 aromatic heterocycles. The van der Waals surface area contributed by atoms with Crippen molar-refractivity contribution in [1.82, 2.24) is 5.32 Å². The van der Waals surface area contributed by atoms with Crippen LogP contribution >= 0.6 is 0 Å². The minimum absolute atomic E-state index is 0.293. The maximum Gasteiger partial charge on any atom is 0.0831 e. The number of hydrogen-bond donors (Lipinski definition) is 1. The summed E-state index contributed by atoms with van der Waals surface area (Å²) < 4.78 is 6.55. The Hall–Kier alpha value is -0.860. The summed E-state index contributed by atoms with van der Waals surface area (Å²) in [6.07, 6.45) is 6.70. The first-order valence-electron chi connectivity index (χ1n) is 8.09. The van der Waals surface area contributed by atoms with Crippen molar-refractivity contribution in [3.63, 3.8) is 0 Å². The topological polar surface area (TPSA) is 21.3 Å². The maximum absolute atomic E-state index is 6.55. The van der Waals surface area contributed by atoms with E-state index in [0.717, 1.165) is 6.42 Å². The van der Waals surface area contributed by atoms with Gasteiger partial charge in [0, 0.05) is 11.5 Å². The van der Waals surface area contributed by atoms with Gasteiger partial charge < -0.3 is 10.1 Å².